The summed E-state index contributed by atoms with van der Waals surface area (Å²) in [5, 5.41) is 0. The standard InChI is InChI=1S/C24H28N2O4/c1-29-23(27)11-8-18-6-5-7-20(16-18)26-14-15-30-22-17-19(9-10-21(22)26)24(28)25-12-3-2-4-13-25/h5-7,9-10,16-17H,2-4,8,11-15H2,1H3. The van der Waals surface area contributed by atoms with Gasteiger partial charge in [0.2, 0.25) is 0 Å². The molecular formula is C24H28N2O4. The van der Waals surface area contributed by atoms with Gasteiger partial charge in [0.15, 0.2) is 0 Å². The Balaban J connectivity index is 1.54. The summed E-state index contributed by atoms with van der Waals surface area (Å²) >= 11 is 0. The van der Waals surface area contributed by atoms with Crippen LogP contribution in [0.15, 0.2) is 42.5 Å². The molecule has 158 valence electrons. The number of aryl methyl sites for hydroxylation is 1. The molecule has 1 fully saturated rings. The largest absolute Gasteiger partial charge is 0.490 e. The van der Waals surface area contributed by atoms with Gasteiger partial charge in [0.25, 0.3) is 5.91 Å². The van der Waals surface area contributed by atoms with E-state index in [1.54, 1.807) is 0 Å². The Labute approximate surface area is 177 Å². The first-order valence-corrected chi connectivity index (χ1v) is 10.6. The Hall–Kier alpha value is -3.02. The van der Waals surface area contributed by atoms with E-state index in [-0.39, 0.29) is 11.9 Å². The number of carbonyl (C=O) groups is 2. The van der Waals surface area contributed by atoms with Crippen LogP contribution in [0.1, 0.15) is 41.6 Å². The van der Waals surface area contributed by atoms with Crippen LogP contribution in [-0.4, -0.2) is 50.1 Å². The number of carbonyl (C=O) groups excluding carboxylic acids is 2. The first-order chi connectivity index (χ1) is 14.7. The van der Waals surface area contributed by atoms with Crippen LogP contribution < -0.4 is 9.64 Å². The molecule has 0 saturated carbocycles. The van der Waals surface area contributed by atoms with Crippen LogP contribution in [0.2, 0.25) is 0 Å². The van der Waals surface area contributed by atoms with E-state index in [0.717, 1.165) is 55.2 Å². The minimum atomic E-state index is -0.206. The number of rotatable bonds is 5. The zero-order valence-electron chi connectivity index (χ0n) is 17.4. The maximum Gasteiger partial charge on any atom is 0.305 e. The summed E-state index contributed by atoms with van der Waals surface area (Å²) in [4.78, 5) is 28.5. The van der Waals surface area contributed by atoms with E-state index in [4.69, 9.17) is 9.47 Å². The number of ether oxygens (including phenoxy) is 2. The lowest BCUT2D eigenvalue weighted by molar-refractivity contribution is -0.140. The number of fused-ring (bicyclic) bond motifs is 1. The van der Waals surface area contributed by atoms with Crippen molar-refractivity contribution in [3.63, 3.8) is 0 Å². The van der Waals surface area contributed by atoms with Gasteiger partial charge in [0, 0.05) is 30.8 Å². The van der Waals surface area contributed by atoms with E-state index in [2.05, 4.69) is 17.0 Å². The van der Waals surface area contributed by atoms with Gasteiger partial charge >= 0.3 is 5.97 Å². The van der Waals surface area contributed by atoms with Gasteiger partial charge < -0.3 is 19.3 Å². The normalized spacial score (nSPS) is 15.9. The van der Waals surface area contributed by atoms with E-state index in [0.29, 0.717) is 25.0 Å². The number of benzene rings is 2. The van der Waals surface area contributed by atoms with E-state index in [1.165, 1.54) is 13.5 Å². The first kappa shape index (κ1) is 20.3. The number of likely N-dealkylation sites (tertiary alicyclic amines) is 1. The van der Waals surface area contributed by atoms with Gasteiger partial charge in [0.1, 0.15) is 12.4 Å². The third-order valence-electron chi connectivity index (χ3n) is 5.78. The summed E-state index contributed by atoms with van der Waals surface area (Å²) in [7, 11) is 1.41. The number of hydrogen-bond acceptors (Lipinski definition) is 5. The summed E-state index contributed by atoms with van der Waals surface area (Å²) in [6, 6.07) is 13.9. The van der Waals surface area contributed by atoms with Crippen LogP contribution in [-0.2, 0) is 16.0 Å². The second-order valence-corrected chi connectivity index (χ2v) is 7.78. The topological polar surface area (TPSA) is 59.1 Å². The van der Waals surface area contributed by atoms with Crippen molar-refractivity contribution in [3.8, 4) is 5.75 Å². The molecule has 0 radical (unpaired) electrons. The molecule has 1 amide bonds. The highest BCUT2D eigenvalue weighted by molar-refractivity contribution is 5.95. The molecule has 2 heterocycles. The number of methoxy groups -OCH3 is 1. The Kier molecular flexibility index (Phi) is 6.21. The monoisotopic (exact) mass is 408 g/mol. The fourth-order valence-electron chi connectivity index (χ4n) is 4.13. The average molecular weight is 408 g/mol. The van der Waals surface area contributed by atoms with Crippen molar-refractivity contribution in [1.82, 2.24) is 4.90 Å². The molecule has 6 heteroatoms. The zero-order valence-corrected chi connectivity index (χ0v) is 17.4. The van der Waals surface area contributed by atoms with Crippen LogP contribution >= 0.6 is 0 Å². The molecule has 6 nitrogen and oxygen atoms in total. The van der Waals surface area contributed by atoms with Crippen molar-refractivity contribution in [2.45, 2.75) is 32.1 Å². The second-order valence-electron chi connectivity index (χ2n) is 7.78. The van der Waals surface area contributed by atoms with E-state index >= 15 is 0 Å². The molecule has 0 aromatic heterocycles. The number of nitrogens with zero attached hydrogens (tertiary/aromatic N) is 2. The number of amides is 1. The predicted octanol–water partition coefficient (Wildman–Crippen LogP) is 3.95. The van der Waals surface area contributed by atoms with Gasteiger partial charge in [-0.25, -0.2) is 0 Å². The number of esters is 1. The molecule has 0 atom stereocenters. The highest BCUT2D eigenvalue weighted by Gasteiger charge is 2.24. The molecule has 0 N–H and O–H groups in total. The Morgan fingerprint density at radius 1 is 1.03 bits per heavy atom. The average Bonchev–Trinajstić information content (AvgIpc) is 2.82. The van der Waals surface area contributed by atoms with Crippen molar-refractivity contribution >= 4 is 23.3 Å². The molecule has 0 unspecified atom stereocenters. The predicted molar refractivity (Wildman–Crippen MR) is 115 cm³/mol. The van der Waals surface area contributed by atoms with E-state index in [1.807, 2.05) is 35.2 Å². The highest BCUT2D eigenvalue weighted by Crippen LogP contribution is 2.37. The molecule has 0 bridgehead atoms. The fraction of sp³-hybridized carbons (Fsp3) is 0.417. The molecule has 1 saturated heterocycles. The molecule has 2 aliphatic heterocycles. The molecule has 2 aromatic carbocycles. The Morgan fingerprint density at radius 3 is 2.67 bits per heavy atom. The smallest absolute Gasteiger partial charge is 0.305 e. The lowest BCUT2D eigenvalue weighted by Crippen LogP contribution is -2.35. The summed E-state index contributed by atoms with van der Waals surface area (Å²) < 4.78 is 10.6. The van der Waals surface area contributed by atoms with Crippen LogP contribution in [0.4, 0.5) is 11.4 Å². The molecule has 30 heavy (non-hydrogen) atoms. The van der Waals surface area contributed by atoms with Gasteiger partial charge in [0.05, 0.1) is 19.3 Å². The van der Waals surface area contributed by atoms with E-state index in [9.17, 15) is 9.59 Å². The minimum Gasteiger partial charge on any atom is -0.490 e. The van der Waals surface area contributed by atoms with Crippen LogP contribution in [0.25, 0.3) is 0 Å². The van der Waals surface area contributed by atoms with Crippen LogP contribution in [0.5, 0.6) is 5.75 Å². The van der Waals surface area contributed by atoms with Gasteiger partial charge in [-0.05, 0) is 61.6 Å². The Bertz CT molecular complexity index is 921. The summed E-state index contributed by atoms with van der Waals surface area (Å²) in [6.07, 6.45) is 4.36. The fourth-order valence-corrected chi connectivity index (χ4v) is 4.13. The molecule has 2 aromatic rings. The third-order valence-corrected chi connectivity index (χ3v) is 5.78. The highest BCUT2D eigenvalue weighted by atomic mass is 16.5. The molecule has 0 spiro atoms. The molecule has 2 aliphatic rings. The SMILES string of the molecule is COC(=O)CCc1cccc(N2CCOc3cc(C(=O)N4CCCCC4)ccc32)c1. The lowest BCUT2D eigenvalue weighted by Gasteiger charge is -2.32. The first-order valence-electron chi connectivity index (χ1n) is 10.6. The number of piperidine rings is 1. The molecule has 0 aliphatic carbocycles. The summed E-state index contributed by atoms with van der Waals surface area (Å²) in [5.41, 5.74) is 3.78. The van der Waals surface area contributed by atoms with Crippen LogP contribution in [0, 0.1) is 0 Å². The lowest BCUT2D eigenvalue weighted by atomic mass is 10.1. The number of anilines is 2. The third kappa shape index (κ3) is 4.42. The molecule has 4 rings (SSSR count). The maximum atomic E-state index is 12.9. The van der Waals surface area contributed by atoms with Gasteiger partial charge in [-0.2, -0.15) is 0 Å². The zero-order chi connectivity index (χ0) is 20.9. The van der Waals surface area contributed by atoms with Crippen molar-refractivity contribution in [2.75, 3.05) is 38.3 Å². The van der Waals surface area contributed by atoms with Gasteiger partial charge in [-0.3, -0.25) is 9.59 Å². The second kappa shape index (κ2) is 9.20. The summed E-state index contributed by atoms with van der Waals surface area (Å²) in [5.74, 6) is 0.620. The molecular weight excluding hydrogens is 380 g/mol. The van der Waals surface area contributed by atoms with Crippen molar-refractivity contribution in [2.24, 2.45) is 0 Å². The van der Waals surface area contributed by atoms with Crippen molar-refractivity contribution in [1.29, 1.82) is 0 Å². The van der Waals surface area contributed by atoms with E-state index < -0.39 is 0 Å². The minimum absolute atomic E-state index is 0.0861. The quantitative estimate of drug-likeness (QED) is 0.701. The van der Waals surface area contributed by atoms with Crippen molar-refractivity contribution < 1.29 is 19.1 Å². The number of hydrogen-bond donors (Lipinski definition) is 0. The van der Waals surface area contributed by atoms with Gasteiger partial charge in [-0.15, -0.1) is 0 Å². The maximum absolute atomic E-state index is 12.9. The summed E-state index contributed by atoms with van der Waals surface area (Å²) in [6.45, 7) is 2.95. The van der Waals surface area contributed by atoms with Crippen LogP contribution in [0.3, 0.4) is 0 Å². The Morgan fingerprint density at radius 2 is 1.87 bits per heavy atom. The van der Waals surface area contributed by atoms with Gasteiger partial charge in [-0.1, -0.05) is 12.1 Å². The van der Waals surface area contributed by atoms with Crippen molar-refractivity contribution in [3.05, 3.63) is 53.6 Å².